The van der Waals surface area contributed by atoms with Crippen LogP contribution in [0, 0.1) is 6.92 Å². The summed E-state index contributed by atoms with van der Waals surface area (Å²) in [5.74, 6) is 0.157. The molecule has 0 fully saturated rings. The van der Waals surface area contributed by atoms with Crippen molar-refractivity contribution in [3.05, 3.63) is 58.7 Å². The van der Waals surface area contributed by atoms with Crippen molar-refractivity contribution in [1.29, 1.82) is 0 Å². The third-order valence-corrected chi connectivity index (χ3v) is 3.89. The summed E-state index contributed by atoms with van der Waals surface area (Å²) < 4.78 is 6.53. The number of hydrogen-bond donors (Lipinski definition) is 2. The molecule has 0 spiro atoms. The lowest BCUT2D eigenvalue weighted by Crippen LogP contribution is -2.15. The monoisotopic (exact) mass is 357 g/mol. The molecule has 0 radical (unpaired) electrons. The summed E-state index contributed by atoms with van der Waals surface area (Å²) in [6, 6.07) is 12.5. The standard InChI is InChI=1S/C17H16ClN5O2/c1-10-4-3-5-11(8-10)20-17(24)15-16(19)23(22-21-15)12-6-7-13(18)14(9-12)25-2/h3-9H,19H2,1-2H3,(H,20,24). The minimum atomic E-state index is -0.435. The van der Waals surface area contributed by atoms with Gasteiger partial charge in [0.1, 0.15) is 5.75 Å². The molecule has 25 heavy (non-hydrogen) atoms. The fourth-order valence-electron chi connectivity index (χ4n) is 2.33. The smallest absolute Gasteiger partial charge is 0.280 e. The minimum Gasteiger partial charge on any atom is -0.495 e. The summed E-state index contributed by atoms with van der Waals surface area (Å²) in [6.45, 7) is 1.94. The number of aryl methyl sites for hydroxylation is 1. The zero-order chi connectivity index (χ0) is 18.0. The van der Waals surface area contributed by atoms with Gasteiger partial charge in [-0.1, -0.05) is 28.9 Å². The fourth-order valence-corrected chi connectivity index (χ4v) is 2.53. The molecule has 0 atom stereocenters. The highest BCUT2D eigenvalue weighted by atomic mass is 35.5. The zero-order valence-electron chi connectivity index (χ0n) is 13.7. The molecular weight excluding hydrogens is 342 g/mol. The summed E-state index contributed by atoms with van der Waals surface area (Å²) in [5, 5.41) is 11.1. The first-order chi connectivity index (χ1) is 12.0. The Morgan fingerprint density at radius 1 is 1.28 bits per heavy atom. The molecular formula is C17H16ClN5O2. The number of nitrogens with one attached hydrogen (secondary N) is 1. The number of methoxy groups -OCH3 is 1. The lowest BCUT2D eigenvalue weighted by molar-refractivity contribution is 0.102. The zero-order valence-corrected chi connectivity index (χ0v) is 14.4. The molecule has 0 unspecified atom stereocenters. The maximum Gasteiger partial charge on any atom is 0.280 e. The second-order valence-electron chi connectivity index (χ2n) is 5.38. The Hall–Kier alpha value is -3.06. The fraction of sp³-hybridized carbons (Fsp3) is 0.118. The number of carbonyl (C=O) groups excluding carboxylic acids is 1. The number of aromatic nitrogens is 3. The van der Waals surface area contributed by atoms with E-state index in [-0.39, 0.29) is 11.5 Å². The summed E-state index contributed by atoms with van der Waals surface area (Å²) in [5.41, 5.74) is 8.36. The number of nitrogen functional groups attached to an aromatic ring is 1. The van der Waals surface area contributed by atoms with Crippen LogP contribution in [0.15, 0.2) is 42.5 Å². The van der Waals surface area contributed by atoms with Gasteiger partial charge in [0, 0.05) is 11.8 Å². The van der Waals surface area contributed by atoms with Crippen LogP contribution >= 0.6 is 11.6 Å². The second-order valence-corrected chi connectivity index (χ2v) is 5.78. The number of halogens is 1. The SMILES string of the molecule is COc1cc(-n2nnc(C(=O)Nc3cccc(C)c3)c2N)ccc1Cl. The maximum absolute atomic E-state index is 12.4. The Kier molecular flexibility index (Phi) is 4.58. The quantitative estimate of drug-likeness (QED) is 0.748. The van der Waals surface area contributed by atoms with Crippen molar-refractivity contribution in [3.63, 3.8) is 0 Å². The van der Waals surface area contributed by atoms with Gasteiger partial charge in [-0.05, 0) is 36.8 Å². The maximum atomic E-state index is 12.4. The molecule has 8 heteroatoms. The van der Waals surface area contributed by atoms with E-state index in [4.69, 9.17) is 22.1 Å². The molecule has 0 aliphatic rings. The van der Waals surface area contributed by atoms with E-state index in [2.05, 4.69) is 15.6 Å². The first-order valence-corrected chi connectivity index (χ1v) is 7.80. The van der Waals surface area contributed by atoms with E-state index in [1.807, 2.05) is 25.1 Å². The van der Waals surface area contributed by atoms with Crippen LogP contribution in [0.25, 0.3) is 5.69 Å². The predicted molar refractivity (Wildman–Crippen MR) is 96.5 cm³/mol. The number of hydrogen-bond acceptors (Lipinski definition) is 5. The molecule has 0 bridgehead atoms. The number of amides is 1. The van der Waals surface area contributed by atoms with Crippen LogP contribution in [0.1, 0.15) is 16.1 Å². The normalized spacial score (nSPS) is 10.5. The van der Waals surface area contributed by atoms with Crippen LogP contribution in [0.2, 0.25) is 5.02 Å². The predicted octanol–water partition coefficient (Wildman–Crippen LogP) is 3.07. The Labute approximate surface area is 149 Å². The summed E-state index contributed by atoms with van der Waals surface area (Å²) in [6.07, 6.45) is 0. The first-order valence-electron chi connectivity index (χ1n) is 7.42. The van der Waals surface area contributed by atoms with Crippen molar-refractivity contribution < 1.29 is 9.53 Å². The summed E-state index contributed by atoms with van der Waals surface area (Å²) in [7, 11) is 1.51. The highest BCUT2D eigenvalue weighted by molar-refractivity contribution is 6.32. The van der Waals surface area contributed by atoms with Crippen molar-refractivity contribution in [2.75, 3.05) is 18.2 Å². The molecule has 0 aliphatic carbocycles. The number of nitrogens with zero attached hydrogens (tertiary/aromatic N) is 3. The van der Waals surface area contributed by atoms with E-state index in [0.29, 0.717) is 22.1 Å². The van der Waals surface area contributed by atoms with Gasteiger partial charge in [-0.2, -0.15) is 4.68 Å². The van der Waals surface area contributed by atoms with Crippen molar-refractivity contribution in [1.82, 2.24) is 15.0 Å². The number of carbonyl (C=O) groups is 1. The molecule has 1 heterocycles. The summed E-state index contributed by atoms with van der Waals surface area (Å²) in [4.78, 5) is 12.4. The second kappa shape index (κ2) is 6.82. The molecule has 3 rings (SSSR count). The van der Waals surface area contributed by atoms with E-state index < -0.39 is 5.91 Å². The van der Waals surface area contributed by atoms with E-state index in [0.717, 1.165) is 5.56 Å². The first kappa shape index (κ1) is 16.8. The number of rotatable bonds is 4. The minimum absolute atomic E-state index is 0.0374. The van der Waals surface area contributed by atoms with Gasteiger partial charge in [0.15, 0.2) is 11.5 Å². The highest BCUT2D eigenvalue weighted by Gasteiger charge is 2.19. The van der Waals surface area contributed by atoms with Crippen LogP contribution in [-0.2, 0) is 0 Å². The number of nitrogens with two attached hydrogens (primary N) is 1. The number of benzene rings is 2. The van der Waals surface area contributed by atoms with Crippen LogP contribution in [-0.4, -0.2) is 28.0 Å². The Morgan fingerprint density at radius 2 is 2.08 bits per heavy atom. The van der Waals surface area contributed by atoms with Gasteiger partial charge >= 0.3 is 0 Å². The van der Waals surface area contributed by atoms with E-state index in [9.17, 15) is 4.79 Å². The lowest BCUT2D eigenvalue weighted by Gasteiger charge is -2.08. The van der Waals surface area contributed by atoms with Gasteiger partial charge < -0.3 is 15.8 Å². The Balaban J connectivity index is 1.89. The molecule has 3 aromatic rings. The van der Waals surface area contributed by atoms with E-state index >= 15 is 0 Å². The molecule has 3 N–H and O–H groups in total. The average Bonchev–Trinajstić information content (AvgIpc) is 2.97. The van der Waals surface area contributed by atoms with Crippen LogP contribution < -0.4 is 15.8 Å². The lowest BCUT2D eigenvalue weighted by atomic mass is 10.2. The van der Waals surface area contributed by atoms with Gasteiger partial charge in [-0.3, -0.25) is 4.79 Å². The third kappa shape index (κ3) is 3.41. The van der Waals surface area contributed by atoms with Gasteiger partial charge in [-0.15, -0.1) is 5.10 Å². The largest absolute Gasteiger partial charge is 0.495 e. The average molecular weight is 358 g/mol. The van der Waals surface area contributed by atoms with Gasteiger partial charge in [0.05, 0.1) is 17.8 Å². The summed E-state index contributed by atoms with van der Waals surface area (Å²) >= 11 is 6.02. The third-order valence-electron chi connectivity index (χ3n) is 3.58. The molecule has 7 nitrogen and oxygen atoms in total. The molecule has 128 valence electrons. The number of anilines is 2. The van der Waals surface area contributed by atoms with Crippen LogP contribution in [0.3, 0.4) is 0 Å². The van der Waals surface area contributed by atoms with Crippen LogP contribution in [0.5, 0.6) is 5.75 Å². The number of ether oxygens (including phenoxy) is 1. The van der Waals surface area contributed by atoms with Crippen molar-refractivity contribution in [3.8, 4) is 11.4 Å². The van der Waals surface area contributed by atoms with Gasteiger partial charge in [-0.25, -0.2) is 0 Å². The molecule has 0 saturated carbocycles. The molecule has 1 aromatic heterocycles. The topological polar surface area (TPSA) is 95.1 Å². The molecule has 1 amide bonds. The van der Waals surface area contributed by atoms with E-state index in [1.54, 1.807) is 24.3 Å². The van der Waals surface area contributed by atoms with Crippen molar-refractivity contribution in [2.45, 2.75) is 6.92 Å². The van der Waals surface area contributed by atoms with Gasteiger partial charge in [0.25, 0.3) is 5.91 Å². The van der Waals surface area contributed by atoms with Crippen molar-refractivity contribution >= 4 is 29.0 Å². The van der Waals surface area contributed by atoms with Crippen molar-refractivity contribution in [2.24, 2.45) is 0 Å². The Morgan fingerprint density at radius 3 is 2.80 bits per heavy atom. The molecule has 0 aliphatic heterocycles. The van der Waals surface area contributed by atoms with Gasteiger partial charge in [0.2, 0.25) is 0 Å². The van der Waals surface area contributed by atoms with Crippen LogP contribution in [0.4, 0.5) is 11.5 Å². The molecule has 0 saturated heterocycles. The highest BCUT2D eigenvalue weighted by Crippen LogP contribution is 2.27. The Bertz CT molecular complexity index is 939. The molecule has 2 aromatic carbocycles. The van der Waals surface area contributed by atoms with E-state index in [1.165, 1.54) is 11.8 Å².